The third-order valence-corrected chi connectivity index (χ3v) is 4.35. The molecule has 0 saturated heterocycles. The molecule has 2 saturated carbocycles. The molecule has 2 aliphatic carbocycles. The van der Waals surface area contributed by atoms with Crippen molar-refractivity contribution in [3.05, 3.63) is 0 Å². The molecule has 2 unspecified atom stereocenters. The van der Waals surface area contributed by atoms with Gasteiger partial charge in [-0.05, 0) is 38.0 Å². The van der Waals surface area contributed by atoms with Crippen molar-refractivity contribution < 1.29 is 4.74 Å². The van der Waals surface area contributed by atoms with Crippen LogP contribution in [0.4, 0.5) is 0 Å². The van der Waals surface area contributed by atoms with E-state index in [0.717, 1.165) is 18.5 Å². The van der Waals surface area contributed by atoms with E-state index in [1.54, 1.807) is 0 Å². The van der Waals surface area contributed by atoms with Gasteiger partial charge in [0.1, 0.15) is 0 Å². The normalized spacial score (nSPS) is 34.8. The predicted octanol–water partition coefficient (Wildman–Crippen LogP) is 2.72. The Hall–Kier alpha value is -0.0800. The molecule has 88 valence electrons. The number of nitrogens with one attached hydrogen (secondary N) is 1. The SMILES string of the molecule is COC1(CNC2CCCC(C)C2)CCC1. The van der Waals surface area contributed by atoms with Crippen molar-refractivity contribution in [2.75, 3.05) is 13.7 Å². The Morgan fingerprint density at radius 3 is 2.60 bits per heavy atom. The maximum absolute atomic E-state index is 5.63. The van der Waals surface area contributed by atoms with Gasteiger partial charge < -0.3 is 10.1 Å². The Balaban J connectivity index is 1.72. The summed E-state index contributed by atoms with van der Waals surface area (Å²) in [7, 11) is 1.87. The third-order valence-electron chi connectivity index (χ3n) is 4.35. The molecule has 0 aliphatic heterocycles. The number of hydrogen-bond acceptors (Lipinski definition) is 2. The maximum Gasteiger partial charge on any atom is 0.0802 e. The van der Waals surface area contributed by atoms with Crippen molar-refractivity contribution in [3.63, 3.8) is 0 Å². The summed E-state index contributed by atoms with van der Waals surface area (Å²) in [5, 5.41) is 3.72. The van der Waals surface area contributed by atoms with Crippen molar-refractivity contribution >= 4 is 0 Å². The van der Waals surface area contributed by atoms with Gasteiger partial charge in [0.15, 0.2) is 0 Å². The fourth-order valence-electron chi connectivity index (χ4n) is 2.97. The Labute approximate surface area is 93.8 Å². The number of ether oxygens (including phenoxy) is 1. The molecule has 0 aromatic heterocycles. The van der Waals surface area contributed by atoms with E-state index in [0.29, 0.717) is 0 Å². The summed E-state index contributed by atoms with van der Waals surface area (Å²) in [5.41, 5.74) is 0.195. The van der Waals surface area contributed by atoms with Crippen molar-refractivity contribution in [1.82, 2.24) is 5.32 Å². The van der Waals surface area contributed by atoms with Gasteiger partial charge >= 0.3 is 0 Å². The van der Waals surface area contributed by atoms with Gasteiger partial charge in [0.2, 0.25) is 0 Å². The lowest BCUT2D eigenvalue weighted by Crippen LogP contribution is -2.51. The minimum atomic E-state index is 0.195. The predicted molar refractivity (Wildman–Crippen MR) is 63.0 cm³/mol. The van der Waals surface area contributed by atoms with E-state index in [2.05, 4.69) is 12.2 Å². The lowest BCUT2D eigenvalue weighted by atomic mass is 9.79. The van der Waals surface area contributed by atoms with Gasteiger partial charge in [0.25, 0.3) is 0 Å². The van der Waals surface area contributed by atoms with Gasteiger partial charge in [0, 0.05) is 19.7 Å². The number of hydrogen-bond donors (Lipinski definition) is 1. The molecule has 0 heterocycles. The molecule has 1 N–H and O–H groups in total. The Morgan fingerprint density at radius 1 is 1.27 bits per heavy atom. The third kappa shape index (κ3) is 2.73. The van der Waals surface area contributed by atoms with Crippen molar-refractivity contribution in [3.8, 4) is 0 Å². The summed E-state index contributed by atoms with van der Waals surface area (Å²) in [6, 6.07) is 0.751. The van der Waals surface area contributed by atoms with E-state index < -0.39 is 0 Å². The van der Waals surface area contributed by atoms with Crippen LogP contribution in [0.25, 0.3) is 0 Å². The first kappa shape index (κ1) is 11.4. The fourth-order valence-corrected chi connectivity index (χ4v) is 2.97. The highest BCUT2D eigenvalue weighted by Gasteiger charge is 2.37. The summed E-state index contributed by atoms with van der Waals surface area (Å²) in [6.07, 6.45) is 9.39. The minimum Gasteiger partial charge on any atom is -0.377 e. The van der Waals surface area contributed by atoms with Gasteiger partial charge in [0.05, 0.1) is 5.60 Å². The van der Waals surface area contributed by atoms with E-state index in [9.17, 15) is 0 Å². The second-order valence-electron chi connectivity index (χ2n) is 5.59. The first-order chi connectivity index (χ1) is 7.24. The van der Waals surface area contributed by atoms with Crippen LogP contribution in [-0.2, 0) is 4.74 Å². The van der Waals surface area contributed by atoms with E-state index in [-0.39, 0.29) is 5.60 Å². The van der Waals surface area contributed by atoms with E-state index in [1.807, 2.05) is 7.11 Å². The monoisotopic (exact) mass is 211 g/mol. The van der Waals surface area contributed by atoms with E-state index in [1.165, 1.54) is 44.9 Å². The van der Waals surface area contributed by atoms with Crippen LogP contribution in [0.3, 0.4) is 0 Å². The average molecular weight is 211 g/mol. The molecule has 15 heavy (non-hydrogen) atoms. The van der Waals surface area contributed by atoms with Crippen LogP contribution in [0.1, 0.15) is 51.9 Å². The Kier molecular flexibility index (Phi) is 3.68. The minimum absolute atomic E-state index is 0.195. The highest BCUT2D eigenvalue weighted by atomic mass is 16.5. The quantitative estimate of drug-likeness (QED) is 0.772. The summed E-state index contributed by atoms with van der Waals surface area (Å²) < 4.78 is 5.63. The van der Waals surface area contributed by atoms with Crippen molar-refractivity contribution in [2.24, 2.45) is 5.92 Å². The standard InChI is InChI=1S/C13H25NO/c1-11-5-3-6-12(9-11)14-10-13(15-2)7-4-8-13/h11-12,14H,3-10H2,1-2H3. The largest absolute Gasteiger partial charge is 0.377 e. The zero-order valence-electron chi connectivity index (χ0n) is 10.2. The van der Waals surface area contributed by atoms with Crippen LogP contribution in [0, 0.1) is 5.92 Å². The Morgan fingerprint density at radius 2 is 2.07 bits per heavy atom. The summed E-state index contributed by atoms with van der Waals surface area (Å²) >= 11 is 0. The van der Waals surface area contributed by atoms with Crippen LogP contribution in [-0.4, -0.2) is 25.3 Å². The van der Waals surface area contributed by atoms with Gasteiger partial charge in [-0.15, -0.1) is 0 Å². The van der Waals surface area contributed by atoms with Gasteiger partial charge in [-0.25, -0.2) is 0 Å². The van der Waals surface area contributed by atoms with Crippen LogP contribution < -0.4 is 5.32 Å². The molecule has 0 spiro atoms. The zero-order chi connectivity index (χ0) is 10.7. The second-order valence-corrected chi connectivity index (χ2v) is 5.59. The van der Waals surface area contributed by atoms with Crippen LogP contribution >= 0.6 is 0 Å². The highest BCUT2D eigenvalue weighted by Crippen LogP contribution is 2.34. The zero-order valence-corrected chi connectivity index (χ0v) is 10.2. The van der Waals surface area contributed by atoms with Crippen molar-refractivity contribution in [2.45, 2.75) is 63.5 Å². The highest BCUT2D eigenvalue weighted by molar-refractivity contribution is 4.92. The molecule has 2 atom stereocenters. The summed E-state index contributed by atoms with van der Waals surface area (Å²) in [6.45, 7) is 3.45. The molecule has 0 radical (unpaired) electrons. The molecule has 0 aromatic carbocycles. The molecular weight excluding hydrogens is 186 g/mol. The molecule has 2 aliphatic rings. The maximum atomic E-state index is 5.63. The fraction of sp³-hybridized carbons (Fsp3) is 1.00. The smallest absolute Gasteiger partial charge is 0.0802 e. The molecule has 0 amide bonds. The lowest BCUT2D eigenvalue weighted by Gasteiger charge is -2.42. The number of rotatable bonds is 4. The van der Waals surface area contributed by atoms with E-state index >= 15 is 0 Å². The van der Waals surface area contributed by atoms with E-state index in [4.69, 9.17) is 4.74 Å². The van der Waals surface area contributed by atoms with Crippen molar-refractivity contribution in [1.29, 1.82) is 0 Å². The van der Waals surface area contributed by atoms with Gasteiger partial charge in [-0.2, -0.15) is 0 Å². The number of methoxy groups -OCH3 is 1. The summed E-state index contributed by atoms with van der Waals surface area (Å²) in [5.74, 6) is 0.913. The van der Waals surface area contributed by atoms with Crippen LogP contribution in [0.15, 0.2) is 0 Å². The molecule has 0 bridgehead atoms. The molecule has 0 aromatic rings. The summed E-state index contributed by atoms with van der Waals surface area (Å²) in [4.78, 5) is 0. The Bertz CT molecular complexity index is 195. The lowest BCUT2D eigenvalue weighted by molar-refractivity contribution is -0.0716. The van der Waals surface area contributed by atoms with Gasteiger partial charge in [-0.3, -0.25) is 0 Å². The van der Waals surface area contributed by atoms with Crippen LogP contribution in [0.2, 0.25) is 0 Å². The molecular formula is C13H25NO. The van der Waals surface area contributed by atoms with Crippen LogP contribution in [0.5, 0.6) is 0 Å². The molecule has 2 fully saturated rings. The topological polar surface area (TPSA) is 21.3 Å². The first-order valence-electron chi connectivity index (χ1n) is 6.53. The second kappa shape index (κ2) is 4.84. The first-order valence-corrected chi connectivity index (χ1v) is 6.53. The average Bonchev–Trinajstić information content (AvgIpc) is 2.17. The molecule has 2 rings (SSSR count). The molecule has 2 nitrogen and oxygen atoms in total. The molecule has 2 heteroatoms. The van der Waals surface area contributed by atoms with Gasteiger partial charge in [-0.1, -0.05) is 19.8 Å².